The summed E-state index contributed by atoms with van der Waals surface area (Å²) in [5, 5.41) is 12.6. The lowest BCUT2D eigenvalue weighted by Crippen LogP contribution is -2.11. The average molecular weight is 780 g/mol. The predicted octanol–water partition coefficient (Wildman–Crippen LogP) is 17.1. The minimum atomic E-state index is 1.11. The lowest BCUT2D eigenvalue weighted by atomic mass is 9.84. The molecule has 0 radical (unpaired) electrons. The standard InChI is InChI=1S/C58H37NS/c1-3-17-39(18-4-1)56-49-25-10-9-24-46(49)47-34-33-42(37-51(47)57(56)40-19-5-2-6-20-40)41-21-13-22-43(36-41)59(53-29-15-31-55-58(53)50-26-11-12-30-54(50)60-55)52-28-14-27-45-44-23-8-7-16-38(44)32-35-48(45)52/h1-37H. The zero-order valence-corrected chi connectivity index (χ0v) is 33.5. The highest BCUT2D eigenvalue weighted by molar-refractivity contribution is 7.26. The van der Waals surface area contributed by atoms with Gasteiger partial charge in [-0.25, -0.2) is 0 Å². The molecule has 0 aliphatic heterocycles. The Morgan fingerprint density at radius 3 is 1.63 bits per heavy atom. The monoisotopic (exact) mass is 779 g/mol. The summed E-state index contributed by atoms with van der Waals surface area (Å²) in [5.74, 6) is 0. The molecule has 0 atom stereocenters. The van der Waals surface area contributed by atoms with Gasteiger partial charge in [-0.2, -0.15) is 0 Å². The molecule has 12 aromatic rings. The number of hydrogen-bond acceptors (Lipinski definition) is 2. The van der Waals surface area contributed by atoms with Crippen molar-refractivity contribution >= 4 is 91.7 Å². The molecule has 0 unspecified atom stereocenters. The topological polar surface area (TPSA) is 3.24 Å². The summed E-state index contributed by atoms with van der Waals surface area (Å²) in [5.41, 5.74) is 10.7. The highest BCUT2D eigenvalue weighted by atomic mass is 32.1. The van der Waals surface area contributed by atoms with Crippen molar-refractivity contribution in [3.63, 3.8) is 0 Å². The fourth-order valence-corrected chi connectivity index (χ4v) is 10.7. The Morgan fingerprint density at radius 1 is 0.283 bits per heavy atom. The Bertz CT molecular complexity index is 3600. The minimum Gasteiger partial charge on any atom is -0.309 e. The van der Waals surface area contributed by atoms with Crippen molar-refractivity contribution in [1.82, 2.24) is 0 Å². The van der Waals surface area contributed by atoms with E-state index in [0.717, 1.165) is 11.4 Å². The van der Waals surface area contributed by atoms with Crippen molar-refractivity contribution in [2.24, 2.45) is 0 Å². The Kier molecular flexibility index (Phi) is 8.11. The van der Waals surface area contributed by atoms with Gasteiger partial charge in [-0.1, -0.05) is 182 Å². The normalized spacial score (nSPS) is 11.7. The van der Waals surface area contributed by atoms with Crippen LogP contribution in [0.1, 0.15) is 0 Å². The third-order valence-electron chi connectivity index (χ3n) is 12.2. The van der Waals surface area contributed by atoms with Crippen LogP contribution in [0.2, 0.25) is 0 Å². The second kappa shape index (κ2) is 14.1. The second-order valence-electron chi connectivity index (χ2n) is 15.6. The highest BCUT2D eigenvalue weighted by Gasteiger charge is 2.22. The van der Waals surface area contributed by atoms with Gasteiger partial charge in [0.2, 0.25) is 0 Å². The molecule has 0 amide bonds. The zero-order chi connectivity index (χ0) is 39.6. The van der Waals surface area contributed by atoms with E-state index in [1.54, 1.807) is 0 Å². The van der Waals surface area contributed by atoms with Crippen LogP contribution in [0.5, 0.6) is 0 Å². The molecule has 60 heavy (non-hydrogen) atoms. The lowest BCUT2D eigenvalue weighted by Gasteiger charge is -2.28. The third-order valence-corrected chi connectivity index (χ3v) is 13.4. The van der Waals surface area contributed by atoms with Crippen molar-refractivity contribution in [3.8, 4) is 33.4 Å². The van der Waals surface area contributed by atoms with E-state index in [1.165, 1.54) is 102 Å². The van der Waals surface area contributed by atoms with Crippen molar-refractivity contribution in [2.45, 2.75) is 0 Å². The van der Waals surface area contributed by atoms with E-state index in [9.17, 15) is 0 Å². The van der Waals surface area contributed by atoms with Crippen LogP contribution < -0.4 is 4.90 Å². The molecule has 2 heteroatoms. The molecule has 0 aliphatic rings. The maximum Gasteiger partial charge on any atom is 0.0555 e. The fourth-order valence-electron chi connectivity index (χ4n) is 9.57. The Balaban J connectivity index is 1.12. The molecule has 280 valence electrons. The van der Waals surface area contributed by atoms with Gasteiger partial charge in [0, 0.05) is 31.2 Å². The summed E-state index contributed by atoms with van der Waals surface area (Å²) < 4.78 is 2.58. The first-order valence-electron chi connectivity index (χ1n) is 20.6. The molecular formula is C58H37NS. The summed E-state index contributed by atoms with van der Waals surface area (Å²) in [6, 6.07) is 82.6. The van der Waals surface area contributed by atoms with Gasteiger partial charge in [0.1, 0.15) is 0 Å². The maximum absolute atomic E-state index is 2.50. The van der Waals surface area contributed by atoms with Gasteiger partial charge in [0.25, 0.3) is 0 Å². The second-order valence-corrected chi connectivity index (χ2v) is 16.7. The van der Waals surface area contributed by atoms with Crippen LogP contribution in [0, 0.1) is 0 Å². The average Bonchev–Trinajstić information content (AvgIpc) is 3.71. The van der Waals surface area contributed by atoms with E-state index in [-0.39, 0.29) is 0 Å². The van der Waals surface area contributed by atoms with Crippen LogP contribution in [0.3, 0.4) is 0 Å². The first kappa shape index (κ1) is 34.5. The van der Waals surface area contributed by atoms with E-state index in [0.29, 0.717) is 0 Å². The molecular weight excluding hydrogens is 743 g/mol. The molecule has 1 heterocycles. The molecule has 0 N–H and O–H groups in total. The van der Waals surface area contributed by atoms with Crippen LogP contribution in [-0.2, 0) is 0 Å². The van der Waals surface area contributed by atoms with Gasteiger partial charge < -0.3 is 4.90 Å². The molecule has 1 nitrogen and oxygen atoms in total. The molecule has 0 spiro atoms. The van der Waals surface area contributed by atoms with Gasteiger partial charge in [-0.05, 0) is 114 Å². The fraction of sp³-hybridized carbons (Fsp3) is 0. The summed E-state index contributed by atoms with van der Waals surface area (Å²) in [4.78, 5) is 2.50. The number of nitrogens with zero attached hydrogens (tertiary/aromatic N) is 1. The molecule has 1 aromatic heterocycles. The van der Waals surface area contributed by atoms with Crippen molar-refractivity contribution in [2.75, 3.05) is 4.90 Å². The van der Waals surface area contributed by atoms with Crippen molar-refractivity contribution < 1.29 is 0 Å². The largest absolute Gasteiger partial charge is 0.309 e. The molecule has 0 saturated heterocycles. The van der Waals surface area contributed by atoms with E-state index in [2.05, 4.69) is 229 Å². The van der Waals surface area contributed by atoms with Gasteiger partial charge in [0.15, 0.2) is 0 Å². The van der Waals surface area contributed by atoms with Crippen LogP contribution in [0.25, 0.3) is 96.6 Å². The third kappa shape index (κ3) is 5.53. The van der Waals surface area contributed by atoms with Gasteiger partial charge in [-0.3, -0.25) is 0 Å². The molecule has 0 aliphatic carbocycles. The summed E-state index contributed by atoms with van der Waals surface area (Å²) in [7, 11) is 0. The van der Waals surface area contributed by atoms with Crippen LogP contribution >= 0.6 is 11.3 Å². The number of fused-ring (bicyclic) bond motifs is 9. The van der Waals surface area contributed by atoms with Gasteiger partial charge in [-0.15, -0.1) is 11.3 Å². The van der Waals surface area contributed by atoms with Gasteiger partial charge >= 0.3 is 0 Å². The number of rotatable bonds is 6. The first-order chi connectivity index (χ1) is 29.8. The van der Waals surface area contributed by atoms with Crippen LogP contribution in [0.4, 0.5) is 17.1 Å². The van der Waals surface area contributed by atoms with Gasteiger partial charge in [0.05, 0.1) is 11.4 Å². The Hall–Kier alpha value is -7.52. The van der Waals surface area contributed by atoms with Crippen molar-refractivity contribution in [3.05, 3.63) is 224 Å². The van der Waals surface area contributed by atoms with Crippen LogP contribution in [-0.4, -0.2) is 0 Å². The quantitative estimate of drug-likeness (QED) is 0.152. The number of hydrogen-bond donors (Lipinski definition) is 0. The van der Waals surface area contributed by atoms with E-state index < -0.39 is 0 Å². The molecule has 0 saturated carbocycles. The number of anilines is 3. The SMILES string of the molecule is c1ccc(-c2c(-c3ccccc3)c3cc(-c4cccc(N(c5cccc6c5ccc5ccccc56)c5cccc6sc7ccccc7c56)c4)ccc3c3ccccc23)cc1. The van der Waals surface area contributed by atoms with Crippen molar-refractivity contribution in [1.29, 1.82) is 0 Å². The predicted molar refractivity (Wildman–Crippen MR) is 260 cm³/mol. The number of thiophene rings is 1. The van der Waals surface area contributed by atoms with E-state index in [1.807, 2.05) is 11.3 Å². The minimum absolute atomic E-state index is 1.11. The zero-order valence-electron chi connectivity index (χ0n) is 32.7. The molecule has 12 rings (SSSR count). The molecule has 0 bridgehead atoms. The highest BCUT2D eigenvalue weighted by Crippen LogP contribution is 2.49. The first-order valence-corrected chi connectivity index (χ1v) is 21.4. The lowest BCUT2D eigenvalue weighted by molar-refractivity contribution is 1.32. The summed E-state index contributed by atoms with van der Waals surface area (Å²) in [6.07, 6.45) is 0. The molecule has 11 aromatic carbocycles. The van der Waals surface area contributed by atoms with Crippen LogP contribution in [0.15, 0.2) is 224 Å². The Morgan fingerprint density at radius 2 is 0.817 bits per heavy atom. The maximum atomic E-state index is 2.50. The summed E-state index contributed by atoms with van der Waals surface area (Å²) in [6.45, 7) is 0. The smallest absolute Gasteiger partial charge is 0.0555 e. The summed E-state index contributed by atoms with van der Waals surface area (Å²) >= 11 is 1.86. The van der Waals surface area contributed by atoms with E-state index >= 15 is 0 Å². The molecule has 0 fully saturated rings. The Labute approximate surface area is 352 Å². The van der Waals surface area contributed by atoms with E-state index in [4.69, 9.17) is 0 Å². The number of benzene rings is 11.